The molecule has 128 valence electrons. The van der Waals surface area contributed by atoms with E-state index in [1.165, 1.54) is 18.2 Å². The number of aliphatic hydroxyl groups is 2. The standard InChI is InChI=1S/C15H22N2O6/c1-7-12(17-2)14(20)13(19)11(23-7)6-22-15(21)9-5-8(16)3-4-10(9)18/h3-5,7,11-14,17-20H,6,16H2,1-2H3/t7-,11?,12?,13+,14-/m0/s1. The van der Waals surface area contributed by atoms with Crippen molar-refractivity contribution in [2.45, 2.75) is 37.4 Å². The highest BCUT2D eigenvalue weighted by atomic mass is 16.6. The van der Waals surface area contributed by atoms with Gasteiger partial charge in [0.1, 0.15) is 36.2 Å². The Morgan fingerprint density at radius 2 is 2.09 bits per heavy atom. The van der Waals surface area contributed by atoms with Gasteiger partial charge in [-0.25, -0.2) is 4.79 Å². The zero-order valence-corrected chi connectivity index (χ0v) is 13.0. The van der Waals surface area contributed by atoms with E-state index < -0.39 is 30.3 Å². The molecule has 1 aromatic carbocycles. The summed E-state index contributed by atoms with van der Waals surface area (Å²) in [6, 6.07) is 3.62. The van der Waals surface area contributed by atoms with E-state index in [1.54, 1.807) is 14.0 Å². The van der Waals surface area contributed by atoms with E-state index in [4.69, 9.17) is 15.2 Å². The highest BCUT2D eigenvalue weighted by Crippen LogP contribution is 2.23. The highest BCUT2D eigenvalue weighted by molar-refractivity contribution is 5.93. The van der Waals surface area contributed by atoms with Crippen molar-refractivity contribution in [2.24, 2.45) is 0 Å². The smallest absolute Gasteiger partial charge is 0.342 e. The third kappa shape index (κ3) is 3.73. The van der Waals surface area contributed by atoms with E-state index in [1.807, 2.05) is 0 Å². The molecule has 1 saturated heterocycles. The Morgan fingerprint density at radius 1 is 1.39 bits per heavy atom. The number of nitrogen functional groups attached to an aromatic ring is 1. The molecule has 0 aromatic heterocycles. The number of hydrogen-bond donors (Lipinski definition) is 5. The number of rotatable bonds is 4. The Kier molecular flexibility index (Phi) is 5.42. The average Bonchev–Trinajstić information content (AvgIpc) is 2.52. The predicted molar refractivity (Wildman–Crippen MR) is 82.0 cm³/mol. The molecule has 1 heterocycles. The number of nitrogens with one attached hydrogen (secondary N) is 1. The molecule has 5 atom stereocenters. The Labute approximate surface area is 133 Å². The summed E-state index contributed by atoms with van der Waals surface area (Å²) in [5, 5.41) is 32.6. The predicted octanol–water partition coefficient (Wildman–Crippen LogP) is -0.772. The van der Waals surface area contributed by atoms with Gasteiger partial charge >= 0.3 is 5.97 Å². The van der Waals surface area contributed by atoms with Crippen LogP contribution in [-0.4, -0.2) is 65.4 Å². The molecule has 8 heteroatoms. The van der Waals surface area contributed by atoms with E-state index in [-0.39, 0.29) is 24.0 Å². The Bertz CT molecular complexity index is 567. The lowest BCUT2D eigenvalue weighted by atomic mass is 9.94. The molecule has 1 aromatic rings. The van der Waals surface area contributed by atoms with Crippen LogP contribution in [0.25, 0.3) is 0 Å². The lowest BCUT2D eigenvalue weighted by Gasteiger charge is -2.41. The number of phenols is 1. The minimum Gasteiger partial charge on any atom is -0.507 e. The molecule has 0 spiro atoms. The molecule has 2 rings (SSSR count). The topological polar surface area (TPSA) is 134 Å². The van der Waals surface area contributed by atoms with Gasteiger partial charge in [-0.3, -0.25) is 0 Å². The van der Waals surface area contributed by atoms with Crippen LogP contribution in [0.5, 0.6) is 5.75 Å². The molecule has 1 fully saturated rings. The number of anilines is 1. The number of nitrogens with two attached hydrogens (primary N) is 1. The maximum atomic E-state index is 12.0. The van der Waals surface area contributed by atoms with Crippen molar-refractivity contribution >= 4 is 11.7 Å². The van der Waals surface area contributed by atoms with Crippen molar-refractivity contribution in [1.29, 1.82) is 0 Å². The van der Waals surface area contributed by atoms with Gasteiger partial charge in [-0.1, -0.05) is 0 Å². The number of aromatic hydroxyl groups is 1. The molecule has 0 radical (unpaired) electrons. The monoisotopic (exact) mass is 326 g/mol. The largest absolute Gasteiger partial charge is 0.507 e. The Balaban J connectivity index is 2.00. The molecule has 0 bridgehead atoms. The van der Waals surface area contributed by atoms with E-state index >= 15 is 0 Å². The van der Waals surface area contributed by atoms with Gasteiger partial charge in [0.25, 0.3) is 0 Å². The third-order valence-corrected chi connectivity index (χ3v) is 3.95. The van der Waals surface area contributed by atoms with Crippen LogP contribution >= 0.6 is 0 Å². The average molecular weight is 326 g/mol. The summed E-state index contributed by atoms with van der Waals surface area (Å²) in [6.07, 6.45) is -3.49. The van der Waals surface area contributed by atoms with Gasteiger partial charge in [-0.15, -0.1) is 0 Å². The first kappa shape index (κ1) is 17.5. The number of aliphatic hydroxyl groups excluding tert-OH is 2. The third-order valence-electron chi connectivity index (χ3n) is 3.95. The van der Waals surface area contributed by atoms with Crippen LogP contribution in [0.15, 0.2) is 18.2 Å². The zero-order chi connectivity index (χ0) is 17.1. The van der Waals surface area contributed by atoms with Gasteiger partial charge in [0.15, 0.2) is 0 Å². The number of carbonyl (C=O) groups excluding carboxylic acids is 1. The summed E-state index contributed by atoms with van der Waals surface area (Å²) < 4.78 is 10.6. The van der Waals surface area contributed by atoms with Crippen molar-refractivity contribution < 1.29 is 29.6 Å². The molecule has 1 aliphatic heterocycles. The Morgan fingerprint density at radius 3 is 2.74 bits per heavy atom. The first-order valence-corrected chi connectivity index (χ1v) is 7.29. The lowest BCUT2D eigenvalue weighted by molar-refractivity contribution is -0.189. The quantitative estimate of drug-likeness (QED) is 0.277. The van der Waals surface area contributed by atoms with Crippen molar-refractivity contribution in [3.05, 3.63) is 23.8 Å². The normalized spacial score (nSPS) is 30.9. The SMILES string of the molecule is CNC1[C@H](C)OC(COC(=O)c2cc(N)ccc2O)[C@@H](O)[C@H]1O. The summed E-state index contributed by atoms with van der Waals surface area (Å²) in [5.74, 6) is -1.04. The molecule has 0 saturated carbocycles. The molecule has 6 N–H and O–H groups in total. The first-order valence-electron chi connectivity index (χ1n) is 7.29. The van der Waals surface area contributed by atoms with Crippen LogP contribution in [-0.2, 0) is 9.47 Å². The van der Waals surface area contributed by atoms with Gasteiger partial charge in [0, 0.05) is 5.69 Å². The van der Waals surface area contributed by atoms with Crippen LogP contribution in [0.1, 0.15) is 17.3 Å². The van der Waals surface area contributed by atoms with Crippen molar-refractivity contribution in [3.8, 4) is 5.75 Å². The van der Waals surface area contributed by atoms with Gasteiger partial charge in [-0.2, -0.15) is 0 Å². The van der Waals surface area contributed by atoms with Crippen LogP contribution in [0.2, 0.25) is 0 Å². The molecular formula is C15H22N2O6. The van der Waals surface area contributed by atoms with Crippen LogP contribution < -0.4 is 11.1 Å². The fraction of sp³-hybridized carbons (Fsp3) is 0.533. The molecule has 0 aliphatic carbocycles. The fourth-order valence-electron chi connectivity index (χ4n) is 2.65. The summed E-state index contributed by atoms with van der Waals surface area (Å²) in [6.45, 7) is 1.49. The lowest BCUT2D eigenvalue weighted by Crippen LogP contribution is -2.62. The van der Waals surface area contributed by atoms with Crippen molar-refractivity contribution in [3.63, 3.8) is 0 Å². The van der Waals surface area contributed by atoms with E-state index in [0.29, 0.717) is 5.69 Å². The summed E-state index contributed by atoms with van der Waals surface area (Å²) in [7, 11) is 1.66. The van der Waals surface area contributed by atoms with Crippen molar-refractivity contribution in [1.82, 2.24) is 5.32 Å². The van der Waals surface area contributed by atoms with Crippen LogP contribution in [0.3, 0.4) is 0 Å². The second-order valence-electron chi connectivity index (χ2n) is 5.55. The number of carbonyl (C=O) groups is 1. The van der Waals surface area contributed by atoms with E-state index in [2.05, 4.69) is 5.32 Å². The van der Waals surface area contributed by atoms with E-state index in [0.717, 1.165) is 0 Å². The number of phenolic OH excluding ortho intramolecular Hbond substituents is 1. The molecule has 0 amide bonds. The minimum atomic E-state index is -1.20. The number of hydrogen-bond acceptors (Lipinski definition) is 8. The molecule has 8 nitrogen and oxygen atoms in total. The summed E-state index contributed by atoms with van der Waals surface area (Å²) in [4.78, 5) is 12.0. The van der Waals surface area contributed by atoms with Crippen LogP contribution in [0.4, 0.5) is 5.69 Å². The highest BCUT2D eigenvalue weighted by Gasteiger charge is 2.42. The maximum Gasteiger partial charge on any atom is 0.342 e. The number of ether oxygens (including phenoxy) is 2. The van der Waals surface area contributed by atoms with Gasteiger partial charge in [-0.05, 0) is 32.2 Å². The second kappa shape index (κ2) is 7.14. The summed E-state index contributed by atoms with van der Waals surface area (Å²) >= 11 is 0. The first-order chi connectivity index (χ1) is 10.8. The van der Waals surface area contributed by atoms with Crippen LogP contribution in [0, 0.1) is 0 Å². The van der Waals surface area contributed by atoms with Gasteiger partial charge in [0.2, 0.25) is 0 Å². The number of benzene rings is 1. The Hall–Kier alpha value is -1.87. The second-order valence-corrected chi connectivity index (χ2v) is 5.55. The maximum absolute atomic E-state index is 12.0. The number of likely N-dealkylation sites (N-methyl/N-ethyl adjacent to an activating group) is 1. The van der Waals surface area contributed by atoms with Gasteiger partial charge < -0.3 is 35.8 Å². The molecule has 1 aliphatic rings. The fourth-order valence-corrected chi connectivity index (χ4v) is 2.65. The molecule has 2 unspecified atom stereocenters. The minimum absolute atomic E-state index is 0.0722. The number of esters is 1. The zero-order valence-electron chi connectivity index (χ0n) is 13.0. The van der Waals surface area contributed by atoms with Gasteiger partial charge in [0.05, 0.1) is 12.1 Å². The molecular weight excluding hydrogens is 304 g/mol. The summed E-state index contributed by atoms with van der Waals surface area (Å²) in [5.41, 5.74) is 5.81. The molecule has 23 heavy (non-hydrogen) atoms. The van der Waals surface area contributed by atoms with Crippen molar-refractivity contribution in [2.75, 3.05) is 19.4 Å². The van der Waals surface area contributed by atoms with E-state index in [9.17, 15) is 20.1 Å².